The largest absolute Gasteiger partial charge is 0.494 e. The van der Waals surface area contributed by atoms with Crippen LogP contribution in [-0.4, -0.2) is 283 Å². The van der Waals surface area contributed by atoms with E-state index in [-0.39, 0.29) is 74.6 Å². The summed E-state index contributed by atoms with van der Waals surface area (Å²) in [5.41, 5.74) is 1.91. The number of thioether (sulfide) groups is 1. The maximum absolute atomic E-state index is 14.1. The summed E-state index contributed by atoms with van der Waals surface area (Å²) in [6, 6.07) is 13.8. The number of pyridine rings is 1. The zero-order chi connectivity index (χ0) is 68.1. The number of halogens is 3. The lowest BCUT2D eigenvalue weighted by Crippen LogP contribution is -2.52. The van der Waals surface area contributed by atoms with E-state index in [0.717, 1.165) is 45.6 Å². The van der Waals surface area contributed by atoms with E-state index in [1.807, 2.05) is 26.8 Å². The van der Waals surface area contributed by atoms with Crippen LogP contribution in [0.4, 0.5) is 8.78 Å². The second-order valence-corrected chi connectivity index (χ2v) is 26.7. The molecule has 3 aromatic rings. The first-order chi connectivity index (χ1) is 45.8. The Morgan fingerprint density at radius 2 is 1.42 bits per heavy atom. The van der Waals surface area contributed by atoms with Crippen molar-refractivity contribution in [3.05, 3.63) is 69.4 Å². The van der Waals surface area contributed by atoms with E-state index in [1.165, 1.54) is 29.6 Å². The predicted molar refractivity (Wildman–Crippen MR) is 357 cm³/mol. The van der Waals surface area contributed by atoms with E-state index < -0.39 is 66.3 Å². The lowest BCUT2D eigenvalue weighted by Gasteiger charge is -2.35. The Bertz CT molecular complexity index is 3130. The number of hydrogen-bond donors (Lipinski definition) is 4. The van der Waals surface area contributed by atoms with Crippen LogP contribution >= 0.6 is 34.4 Å². The molecule has 0 spiro atoms. The van der Waals surface area contributed by atoms with Crippen LogP contribution in [0.2, 0.25) is 0 Å². The van der Waals surface area contributed by atoms with Gasteiger partial charge >= 0.3 is 5.97 Å². The Balaban J connectivity index is 0.866. The van der Waals surface area contributed by atoms with Gasteiger partial charge in [-0.1, -0.05) is 30.9 Å². The van der Waals surface area contributed by atoms with Crippen molar-refractivity contribution in [2.75, 3.05) is 151 Å². The molecule has 7 amide bonds. The average Bonchev–Trinajstić information content (AvgIpc) is 1.84. The van der Waals surface area contributed by atoms with E-state index in [4.69, 9.17) is 20.6 Å². The van der Waals surface area contributed by atoms with Crippen molar-refractivity contribution >= 4 is 106 Å². The highest BCUT2D eigenvalue weighted by Gasteiger charge is 2.46. The van der Waals surface area contributed by atoms with Crippen molar-refractivity contribution in [2.45, 2.75) is 93.1 Å². The molecule has 0 bridgehead atoms. The quantitative estimate of drug-likeness (QED) is 0.0216. The first-order valence-corrected chi connectivity index (χ1v) is 34.2. The number of alkyl halides is 2. The average molecular weight is 1460 g/mol. The fourth-order valence-electron chi connectivity index (χ4n) is 11.6. The number of likely N-dealkylation sites (tertiary alicyclic amines) is 2. The van der Waals surface area contributed by atoms with E-state index in [1.54, 1.807) is 28.0 Å². The molecule has 0 aliphatic carbocycles. The number of amides is 7. The van der Waals surface area contributed by atoms with Crippen LogP contribution in [0.15, 0.2) is 54.7 Å². The zero-order valence-electron chi connectivity index (χ0n) is 53.5. The van der Waals surface area contributed by atoms with Gasteiger partial charge in [0.25, 0.3) is 24.8 Å². The third-order valence-electron chi connectivity index (χ3n) is 17.0. The molecule has 518 valence electrons. The number of terminal acetylenes is 1. The maximum atomic E-state index is 14.1. The van der Waals surface area contributed by atoms with Crippen LogP contribution in [0.5, 0.6) is 5.75 Å². The van der Waals surface area contributed by atoms with Crippen molar-refractivity contribution in [3.63, 3.8) is 0 Å². The van der Waals surface area contributed by atoms with E-state index in [9.17, 15) is 61.8 Å². The van der Waals surface area contributed by atoms with Gasteiger partial charge in [-0.15, -0.1) is 18.2 Å². The van der Waals surface area contributed by atoms with Gasteiger partial charge in [-0.2, -0.15) is 0 Å². The summed E-state index contributed by atoms with van der Waals surface area (Å²) >= 11 is 3.56. The normalized spacial score (nSPS) is 19.1. The zero-order valence-corrected chi connectivity index (χ0v) is 56.5. The summed E-state index contributed by atoms with van der Waals surface area (Å²) in [5.74, 6) is -4.30. The van der Waals surface area contributed by atoms with Crippen molar-refractivity contribution in [1.82, 2.24) is 60.1 Å². The molecule has 0 saturated carbocycles. The molecule has 2 aromatic carbocycles. The predicted octanol–water partition coefficient (Wildman–Crippen LogP) is 2.35. The van der Waals surface area contributed by atoms with Gasteiger partial charge < -0.3 is 45.1 Å². The lowest BCUT2D eigenvalue weighted by atomic mass is 10.1. The minimum Gasteiger partial charge on any atom is -0.494 e. The van der Waals surface area contributed by atoms with Gasteiger partial charge in [-0.3, -0.25) is 82.3 Å². The molecule has 4 aliphatic rings. The molecular formula is C65H87F2IN12O14S. The summed E-state index contributed by atoms with van der Waals surface area (Å²) in [5, 5.41) is 17.7. The van der Waals surface area contributed by atoms with Crippen LogP contribution in [0.25, 0.3) is 10.9 Å². The van der Waals surface area contributed by atoms with Gasteiger partial charge in [-0.25, -0.2) is 8.78 Å². The Kier molecular flexibility index (Phi) is 31.0. The number of carboxylic acid groups (broad SMARTS) is 1. The third-order valence-corrected chi connectivity index (χ3v) is 19.2. The maximum Gasteiger partial charge on any atom is 0.317 e. The van der Waals surface area contributed by atoms with Crippen LogP contribution in [0.3, 0.4) is 0 Å². The SMILES string of the molecule is C#C[C@H]1CC(F)(F)CN1C(=O)CNC(=O)c1ccnc2ccc(OCCCCN3CCN(C(=O)CN4C(=O)CC(SC(CCCCCNC(=O)CCCc5ccc(I)cc5)CNC(=O)CN5CCN(COC=O)CCN(COC=O)CCN(CC(=O)O)CC5)C4=O)CC3)cc12. The molecule has 4 fully saturated rings. The Hall–Kier alpha value is -7.15. The van der Waals surface area contributed by atoms with Crippen molar-refractivity contribution in [3.8, 4) is 18.1 Å². The number of rotatable bonds is 35. The second kappa shape index (κ2) is 39.2. The molecule has 3 atom stereocenters. The number of nitrogens with zero attached hydrogens (tertiary/aromatic N) is 9. The highest BCUT2D eigenvalue weighted by molar-refractivity contribution is 14.1. The number of ether oxygens (including phenoxy) is 3. The highest BCUT2D eigenvalue weighted by Crippen LogP contribution is 2.33. The van der Waals surface area contributed by atoms with Crippen LogP contribution in [0, 0.1) is 15.9 Å². The standard InChI is InChI=1S/C65H87F2IN12O14S/c1-2-50-37-65(66,67)43-80(50)60(86)39-72-63(90)53-18-20-69-55-17-16-51(35-54(53)55)94-34-7-6-21-73-30-32-78(33-31-73)61(87)41-79-59(85)36-56(64(79)91)95-52(10-4-3-5-19-70-57(83)11-8-9-48-12-14-49(68)15-13-48)38-71-58(84)40-74-22-23-75(42-62(88)89)25-27-77(45-93-47-82)29-28-76(26-24-74)44-92-46-81/h1,12-18,20,35,46-47,50,52,56H,3-11,19,21-34,36-45H2,(H,70,83)(H,71,84)(H,72,90)(H,88,89)/t50-,52?,56?/m0/s1. The Labute approximate surface area is 570 Å². The van der Waals surface area contributed by atoms with Crippen LogP contribution in [0.1, 0.15) is 80.1 Å². The summed E-state index contributed by atoms with van der Waals surface area (Å²) < 4.78 is 45.3. The molecule has 2 unspecified atom stereocenters. The molecule has 26 nitrogen and oxygen atoms in total. The second-order valence-electron chi connectivity index (χ2n) is 24.0. The summed E-state index contributed by atoms with van der Waals surface area (Å²) in [6.45, 7) is 5.27. The fraction of sp³-hybridized carbons (Fsp3) is 0.585. The molecule has 4 aliphatic heterocycles. The first-order valence-electron chi connectivity index (χ1n) is 32.2. The lowest BCUT2D eigenvalue weighted by molar-refractivity contribution is -0.146. The summed E-state index contributed by atoms with van der Waals surface area (Å²) in [4.78, 5) is 146. The van der Waals surface area contributed by atoms with E-state index >= 15 is 0 Å². The molecule has 7 rings (SSSR count). The number of carbonyl (C=O) groups is 10. The number of nitrogens with one attached hydrogen (secondary N) is 3. The number of piperazine rings is 1. The van der Waals surface area contributed by atoms with Crippen molar-refractivity contribution in [1.29, 1.82) is 0 Å². The number of hydrogen-bond acceptors (Lipinski definition) is 20. The summed E-state index contributed by atoms with van der Waals surface area (Å²) in [6.07, 6.45) is 12.2. The number of carboxylic acids is 1. The topological polar surface area (TPSA) is 294 Å². The Morgan fingerprint density at radius 1 is 0.758 bits per heavy atom. The number of carbonyl (C=O) groups excluding carboxylic acids is 9. The Morgan fingerprint density at radius 3 is 2.08 bits per heavy atom. The molecule has 1 aromatic heterocycles. The molecule has 4 saturated heterocycles. The summed E-state index contributed by atoms with van der Waals surface area (Å²) in [7, 11) is 0. The van der Waals surface area contributed by atoms with Crippen LogP contribution < -0.4 is 20.7 Å². The van der Waals surface area contributed by atoms with Gasteiger partial charge in [0.2, 0.25) is 35.4 Å². The van der Waals surface area contributed by atoms with E-state index in [0.29, 0.717) is 153 Å². The highest BCUT2D eigenvalue weighted by atomic mass is 127. The number of imide groups is 1. The van der Waals surface area contributed by atoms with Gasteiger partial charge in [0.15, 0.2) is 0 Å². The van der Waals surface area contributed by atoms with Crippen molar-refractivity contribution in [2.24, 2.45) is 0 Å². The van der Waals surface area contributed by atoms with Gasteiger partial charge in [-0.05, 0) is 110 Å². The molecule has 95 heavy (non-hydrogen) atoms. The van der Waals surface area contributed by atoms with Gasteiger partial charge in [0.1, 0.15) is 25.8 Å². The molecule has 5 heterocycles. The van der Waals surface area contributed by atoms with Gasteiger partial charge in [0.05, 0.1) is 55.2 Å². The third kappa shape index (κ3) is 25.4. The number of aromatic nitrogens is 1. The minimum absolute atomic E-state index is 0.00658. The number of fused-ring (bicyclic) bond motifs is 1. The molecule has 4 N–H and O–H groups in total. The van der Waals surface area contributed by atoms with E-state index in [2.05, 4.69) is 66.5 Å². The fourth-order valence-corrected chi connectivity index (χ4v) is 13.4. The number of unbranched alkanes of at least 4 members (excludes halogenated alkanes) is 3. The molecule has 30 heteroatoms. The monoisotopic (exact) mass is 1460 g/mol. The molecule has 0 radical (unpaired) electrons. The molecular weight excluding hydrogens is 1370 g/mol. The first kappa shape index (κ1) is 75.2. The van der Waals surface area contributed by atoms with Gasteiger partial charge in [0, 0.05) is 131 Å². The van der Waals surface area contributed by atoms with Crippen molar-refractivity contribution < 1.29 is 76.0 Å². The smallest absolute Gasteiger partial charge is 0.317 e. The number of aliphatic carboxylic acids is 1. The number of benzene rings is 2. The van der Waals surface area contributed by atoms with Crippen LogP contribution in [-0.2, 0) is 59.0 Å². The minimum atomic E-state index is -3.11. The number of aryl methyl sites for hydroxylation is 1.